The first-order valence-corrected chi connectivity index (χ1v) is 7.68. The van der Waals surface area contributed by atoms with Crippen LogP contribution in [0.25, 0.3) is 0 Å². The lowest BCUT2D eigenvalue weighted by Gasteiger charge is -2.26. The first-order valence-electron chi connectivity index (χ1n) is 5.38. The molecule has 18 heavy (non-hydrogen) atoms. The summed E-state index contributed by atoms with van der Waals surface area (Å²) in [6.07, 6.45) is 0. The Labute approximate surface area is 110 Å². The van der Waals surface area contributed by atoms with Gasteiger partial charge in [-0.15, -0.1) is 11.3 Å². The Bertz CT molecular complexity index is 516. The van der Waals surface area contributed by atoms with Gasteiger partial charge in [-0.3, -0.25) is 19.1 Å². The molecule has 0 aromatic carbocycles. The summed E-state index contributed by atoms with van der Waals surface area (Å²) in [6.45, 7) is 2.46. The van der Waals surface area contributed by atoms with Crippen molar-refractivity contribution < 1.29 is 13.9 Å². The molecule has 2 rings (SSSR count). The Morgan fingerprint density at radius 1 is 1.50 bits per heavy atom. The number of hydrogen-bond acceptors (Lipinski definition) is 6. The van der Waals surface area contributed by atoms with E-state index >= 15 is 0 Å². The van der Waals surface area contributed by atoms with Crippen molar-refractivity contribution in [3.05, 3.63) is 21.1 Å². The Hall–Kier alpha value is -1.28. The van der Waals surface area contributed by atoms with Gasteiger partial charge >= 0.3 is 5.69 Å². The second-order valence-corrected chi connectivity index (χ2v) is 6.68. The maximum atomic E-state index is 11.3. The van der Waals surface area contributed by atoms with Crippen LogP contribution in [0.2, 0.25) is 0 Å². The summed E-state index contributed by atoms with van der Waals surface area (Å²) in [5.74, 6) is 0.865. The second kappa shape index (κ2) is 5.15. The molecule has 1 aromatic rings. The Kier molecular flexibility index (Phi) is 3.76. The van der Waals surface area contributed by atoms with Crippen LogP contribution in [-0.2, 0) is 10.8 Å². The normalized spacial score (nSPS) is 16.8. The maximum Gasteiger partial charge on any atom is 0.304 e. The minimum atomic E-state index is -0.828. The Balaban J connectivity index is 2.33. The second-order valence-electron chi connectivity index (χ2n) is 3.95. The number of nitro groups is 1. The number of Topliss-reactive ketones (excluding diaryl/α,β-unsaturated/α-hetero) is 1. The van der Waals surface area contributed by atoms with Gasteiger partial charge in [-0.2, -0.15) is 0 Å². The number of hydrogen-bond donors (Lipinski definition) is 0. The number of ketones is 1. The topological polar surface area (TPSA) is 80.5 Å². The summed E-state index contributed by atoms with van der Waals surface area (Å²) >= 11 is 1.14. The van der Waals surface area contributed by atoms with Gasteiger partial charge in [0.1, 0.15) is 0 Å². The van der Waals surface area contributed by atoms with Gasteiger partial charge in [0.2, 0.25) is 0 Å². The Morgan fingerprint density at radius 2 is 2.11 bits per heavy atom. The van der Waals surface area contributed by atoms with Crippen molar-refractivity contribution >= 4 is 38.6 Å². The molecule has 0 aliphatic carbocycles. The summed E-state index contributed by atoms with van der Waals surface area (Å²) in [5.41, 5.74) is -0.0297. The third-order valence-corrected chi connectivity index (χ3v) is 5.26. The lowest BCUT2D eigenvalue weighted by Crippen LogP contribution is -2.37. The molecule has 0 atom stereocenters. The first-order chi connectivity index (χ1) is 8.49. The van der Waals surface area contributed by atoms with Crippen molar-refractivity contribution in [2.75, 3.05) is 29.5 Å². The zero-order valence-corrected chi connectivity index (χ0v) is 11.4. The average molecular weight is 288 g/mol. The van der Waals surface area contributed by atoms with Crippen molar-refractivity contribution in [1.82, 2.24) is 0 Å². The van der Waals surface area contributed by atoms with Gasteiger partial charge in [0.25, 0.3) is 0 Å². The van der Waals surface area contributed by atoms with Crippen LogP contribution in [0.3, 0.4) is 0 Å². The number of thiophene rings is 1. The summed E-state index contributed by atoms with van der Waals surface area (Å²) in [4.78, 5) is 24.0. The van der Waals surface area contributed by atoms with E-state index in [1.54, 1.807) is 0 Å². The van der Waals surface area contributed by atoms with E-state index in [-0.39, 0.29) is 11.5 Å². The van der Waals surface area contributed by atoms with Crippen LogP contribution < -0.4 is 4.90 Å². The van der Waals surface area contributed by atoms with E-state index in [0.717, 1.165) is 11.3 Å². The highest BCUT2D eigenvalue weighted by Crippen LogP contribution is 2.38. The number of rotatable bonds is 3. The zero-order valence-electron chi connectivity index (χ0n) is 9.75. The van der Waals surface area contributed by atoms with Crippen LogP contribution in [0.1, 0.15) is 16.6 Å². The number of carbonyl (C=O) groups is 1. The average Bonchev–Trinajstić information content (AvgIpc) is 2.75. The van der Waals surface area contributed by atoms with Crippen molar-refractivity contribution in [1.29, 1.82) is 0 Å². The standard InChI is InChI=1S/C10H12N2O4S2/c1-7(13)9-6-8(12(14)15)10(17-9)11-2-4-18(16)5-3-11/h6H,2-5H2,1H3. The molecular weight excluding hydrogens is 276 g/mol. The maximum absolute atomic E-state index is 11.3. The summed E-state index contributed by atoms with van der Waals surface area (Å²) in [6, 6.07) is 1.33. The smallest absolute Gasteiger partial charge is 0.304 e. The van der Waals surface area contributed by atoms with Crippen LogP contribution in [-0.4, -0.2) is 39.5 Å². The van der Waals surface area contributed by atoms with Crippen molar-refractivity contribution in [3.8, 4) is 0 Å². The van der Waals surface area contributed by atoms with Crippen LogP contribution in [0.4, 0.5) is 10.7 Å². The summed E-state index contributed by atoms with van der Waals surface area (Å²) in [7, 11) is -0.828. The lowest BCUT2D eigenvalue weighted by molar-refractivity contribution is -0.383. The molecule has 1 aliphatic heterocycles. The molecule has 1 saturated heterocycles. The molecule has 2 heterocycles. The fourth-order valence-electron chi connectivity index (χ4n) is 1.74. The molecule has 0 unspecified atom stereocenters. The summed E-state index contributed by atoms with van der Waals surface area (Å²) < 4.78 is 11.3. The fourth-order valence-corrected chi connectivity index (χ4v) is 3.87. The van der Waals surface area contributed by atoms with E-state index in [2.05, 4.69) is 0 Å². The highest BCUT2D eigenvalue weighted by molar-refractivity contribution is 7.85. The number of anilines is 1. The van der Waals surface area contributed by atoms with Gasteiger partial charge in [-0.05, 0) is 6.92 Å². The van der Waals surface area contributed by atoms with Crippen LogP contribution >= 0.6 is 11.3 Å². The van der Waals surface area contributed by atoms with E-state index in [0.29, 0.717) is 34.5 Å². The molecular formula is C10H12N2O4S2. The van der Waals surface area contributed by atoms with Gasteiger partial charge in [0, 0.05) is 41.5 Å². The predicted molar refractivity (Wildman–Crippen MR) is 71.1 cm³/mol. The highest BCUT2D eigenvalue weighted by atomic mass is 32.2. The van der Waals surface area contributed by atoms with Crippen molar-refractivity contribution in [2.24, 2.45) is 0 Å². The molecule has 0 spiro atoms. The highest BCUT2D eigenvalue weighted by Gasteiger charge is 2.27. The third-order valence-electron chi connectivity index (χ3n) is 2.70. The molecule has 0 radical (unpaired) electrons. The Morgan fingerprint density at radius 3 is 2.61 bits per heavy atom. The number of nitrogens with zero attached hydrogens (tertiary/aromatic N) is 2. The molecule has 6 nitrogen and oxygen atoms in total. The van der Waals surface area contributed by atoms with Gasteiger partial charge in [-0.25, -0.2) is 0 Å². The monoisotopic (exact) mass is 288 g/mol. The minimum Gasteiger partial charge on any atom is -0.356 e. The van der Waals surface area contributed by atoms with E-state index < -0.39 is 15.7 Å². The van der Waals surface area contributed by atoms with E-state index in [1.165, 1.54) is 13.0 Å². The van der Waals surface area contributed by atoms with Crippen molar-refractivity contribution in [3.63, 3.8) is 0 Å². The van der Waals surface area contributed by atoms with Gasteiger partial charge in [0.05, 0.1) is 9.80 Å². The molecule has 1 fully saturated rings. The number of carbonyl (C=O) groups excluding carboxylic acids is 1. The molecule has 8 heteroatoms. The zero-order chi connectivity index (χ0) is 13.3. The molecule has 0 N–H and O–H groups in total. The van der Waals surface area contributed by atoms with E-state index in [1.807, 2.05) is 4.90 Å². The summed E-state index contributed by atoms with van der Waals surface area (Å²) in [5, 5.41) is 11.5. The molecule has 0 bridgehead atoms. The van der Waals surface area contributed by atoms with E-state index in [9.17, 15) is 19.1 Å². The quantitative estimate of drug-likeness (QED) is 0.477. The molecule has 0 amide bonds. The lowest BCUT2D eigenvalue weighted by atomic mass is 10.3. The van der Waals surface area contributed by atoms with Crippen molar-refractivity contribution in [2.45, 2.75) is 6.92 Å². The van der Waals surface area contributed by atoms with E-state index in [4.69, 9.17) is 0 Å². The van der Waals surface area contributed by atoms with Crippen LogP contribution in [0, 0.1) is 10.1 Å². The largest absolute Gasteiger partial charge is 0.356 e. The minimum absolute atomic E-state index is 0.0297. The molecule has 1 aliphatic rings. The SMILES string of the molecule is CC(=O)c1cc([N+](=O)[O-])c(N2CCS(=O)CC2)s1. The molecule has 1 aromatic heterocycles. The first kappa shape index (κ1) is 13.2. The van der Waals surface area contributed by atoms with Gasteiger partial charge in [0.15, 0.2) is 10.8 Å². The predicted octanol–water partition coefficient (Wildman–Crippen LogP) is 1.43. The molecule has 0 saturated carbocycles. The van der Waals surface area contributed by atoms with Gasteiger partial charge in [-0.1, -0.05) is 0 Å². The third kappa shape index (κ3) is 2.59. The van der Waals surface area contributed by atoms with Crippen LogP contribution in [0.15, 0.2) is 6.07 Å². The van der Waals surface area contributed by atoms with Gasteiger partial charge < -0.3 is 4.90 Å². The fraction of sp³-hybridized carbons (Fsp3) is 0.500. The molecule has 98 valence electrons. The van der Waals surface area contributed by atoms with Crippen LogP contribution in [0.5, 0.6) is 0 Å².